The van der Waals surface area contributed by atoms with Crippen LogP contribution >= 0.6 is 27.5 Å². The first-order valence-corrected chi connectivity index (χ1v) is 13.5. The third-order valence-electron chi connectivity index (χ3n) is 7.41. The number of nitrogens with zero attached hydrogens (tertiary/aromatic N) is 2. The van der Waals surface area contributed by atoms with Gasteiger partial charge < -0.3 is 5.11 Å². The van der Waals surface area contributed by atoms with E-state index in [0.29, 0.717) is 41.2 Å². The van der Waals surface area contributed by atoms with Gasteiger partial charge in [0, 0.05) is 32.8 Å². The zero-order valence-corrected chi connectivity index (χ0v) is 22.6. The Bertz CT molecular complexity index is 1660. The van der Waals surface area contributed by atoms with Crippen LogP contribution in [0.2, 0.25) is 5.02 Å². The molecular weight excluding hydrogens is 567 g/mol. The first-order valence-electron chi connectivity index (χ1n) is 12.3. The topological polar surface area (TPSA) is 55.1 Å². The van der Waals surface area contributed by atoms with Crippen LogP contribution in [0.15, 0.2) is 95.5 Å². The molecule has 4 nitrogen and oxygen atoms in total. The van der Waals surface area contributed by atoms with E-state index in [9.17, 15) is 14.3 Å². The molecule has 0 aliphatic heterocycles. The molecule has 1 saturated carbocycles. The molecule has 1 aromatic heterocycles. The summed E-state index contributed by atoms with van der Waals surface area (Å²) in [4.78, 5) is 13.7. The molecule has 0 bridgehead atoms. The number of aliphatic hydroxyl groups is 1. The maximum atomic E-state index is 13.7. The van der Waals surface area contributed by atoms with Crippen molar-refractivity contribution in [1.82, 2.24) is 9.78 Å². The summed E-state index contributed by atoms with van der Waals surface area (Å²) in [5, 5.41) is 16.4. The maximum Gasteiger partial charge on any atom is 0.163 e. The third kappa shape index (κ3) is 4.47. The zero-order valence-electron chi connectivity index (χ0n) is 20.2. The SMILES string of the molecule is O=C(CC1(c2ccc(Br)cc2)CC(O)C1)c1ccc2c(-c3ccccc3Cl)nn(-c3ccc(F)cc3)c2c1. The van der Waals surface area contributed by atoms with Crippen molar-refractivity contribution in [1.29, 1.82) is 0 Å². The van der Waals surface area contributed by atoms with Crippen molar-refractivity contribution in [3.05, 3.63) is 117 Å². The fourth-order valence-corrected chi connectivity index (χ4v) is 5.95. The van der Waals surface area contributed by atoms with Gasteiger partial charge in [-0.05, 0) is 73.0 Å². The molecule has 7 heteroatoms. The summed E-state index contributed by atoms with van der Waals surface area (Å²) in [5.41, 5.74) is 4.07. The van der Waals surface area contributed by atoms with Gasteiger partial charge in [0.15, 0.2) is 5.78 Å². The third-order valence-corrected chi connectivity index (χ3v) is 8.27. The molecule has 38 heavy (non-hydrogen) atoms. The number of rotatable bonds is 6. The molecule has 0 unspecified atom stereocenters. The highest BCUT2D eigenvalue weighted by Gasteiger charge is 2.46. The van der Waals surface area contributed by atoms with Crippen molar-refractivity contribution in [2.24, 2.45) is 0 Å². The largest absolute Gasteiger partial charge is 0.393 e. The van der Waals surface area contributed by atoms with E-state index in [-0.39, 0.29) is 11.6 Å². The highest BCUT2D eigenvalue weighted by molar-refractivity contribution is 9.10. The van der Waals surface area contributed by atoms with E-state index < -0.39 is 11.5 Å². The van der Waals surface area contributed by atoms with Crippen LogP contribution in [0, 0.1) is 5.82 Å². The van der Waals surface area contributed by atoms with Crippen LogP contribution in [0.3, 0.4) is 0 Å². The smallest absolute Gasteiger partial charge is 0.163 e. The average molecular weight is 590 g/mol. The minimum absolute atomic E-state index is 0.00660. The Kier molecular flexibility index (Phi) is 6.42. The van der Waals surface area contributed by atoms with Crippen LogP contribution in [0.1, 0.15) is 35.2 Å². The minimum atomic E-state index is -0.410. The molecule has 1 aliphatic rings. The Hall–Kier alpha value is -3.32. The van der Waals surface area contributed by atoms with Gasteiger partial charge in [0.2, 0.25) is 0 Å². The Morgan fingerprint density at radius 3 is 2.42 bits per heavy atom. The lowest BCUT2D eigenvalue weighted by atomic mass is 9.60. The maximum absolute atomic E-state index is 13.7. The van der Waals surface area contributed by atoms with Crippen molar-refractivity contribution in [2.75, 3.05) is 0 Å². The lowest BCUT2D eigenvalue weighted by molar-refractivity contribution is 0.0145. The average Bonchev–Trinajstić information content (AvgIpc) is 3.27. The molecule has 0 atom stereocenters. The Balaban J connectivity index is 1.43. The normalized spacial score (nSPS) is 18.9. The van der Waals surface area contributed by atoms with Gasteiger partial charge in [-0.2, -0.15) is 5.10 Å². The van der Waals surface area contributed by atoms with Crippen molar-refractivity contribution < 1.29 is 14.3 Å². The Morgan fingerprint density at radius 2 is 1.74 bits per heavy atom. The van der Waals surface area contributed by atoms with Gasteiger partial charge >= 0.3 is 0 Å². The van der Waals surface area contributed by atoms with Crippen LogP contribution in [0.4, 0.5) is 4.39 Å². The monoisotopic (exact) mass is 588 g/mol. The number of ketones is 1. The van der Waals surface area contributed by atoms with Crippen molar-refractivity contribution in [3.8, 4) is 16.9 Å². The van der Waals surface area contributed by atoms with Gasteiger partial charge in [0.05, 0.1) is 22.3 Å². The molecule has 1 N–H and O–H groups in total. The molecule has 190 valence electrons. The minimum Gasteiger partial charge on any atom is -0.393 e. The molecule has 0 radical (unpaired) electrons. The van der Waals surface area contributed by atoms with Crippen LogP contribution < -0.4 is 0 Å². The lowest BCUT2D eigenvalue weighted by Crippen LogP contribution is -2.46. The second-order valence-electron chi connectivity index (χ2n) is 9.90. The molecule has 1 fully saturated rings. The van der Waals surface area contributed by atoms with E-state index >= 15 is 0 Å². The van der Waals surface area contributed by atoms with Crippen molar-refractivity contribution >= 4 is 44.2 Å². The van der Waals surface area contributed by atoms with Crippen LogP contribution in [0.5, 0.6) is 0 Å². The second-order valence-corrected chi connectivity index (χ2v) is 11.2. The van der Waals surface area contributed by atoms with Gasteiger partial charge in [-0.3, -0.25) is 4.79 Å². The summed E-state index contributed by atoms with van der Waals surface area (Å²) in [5.74, 6) is -0.346. The van der Waals surface area contributed by atoms with E-state index in [2.05, 4.69) is 15.9 Å². The van der Waals surface area contributed by atoms with Crippen molar-refractivity contribution in [2.45, 2.75) is 30.8 Å². The number of aromatic nitrogens is 2. The molecule has 5 aromatic rings. The number of fused-ring (bicyclic) bond motifs is 1. The summed E-state index contributed by atoms with van der Waals surface area (Å²) in [6.45, 7) is 0. The van der Waals surface area contributed by atoms with Crippen LogP contribution in [-0.4, -0.2) is 26.8 Å². The highest BCUT2D eigenvalue weighted by atomic mass is 79.9. The standard InChI is InChI=1S/C31H23BrClFN2O2/c32-21-8-6-20(7-9-21)31(16-24(37)17-31)18-29(38)19-5-14-26-28(15-19)36(23-12-10-22(34)11-13-23)35-30(26)25-3-1-2-4-27(25)33/h1-15,24,37H,16-18H2. The Labute approximate surface area is 232 Å². The summed E-state index contributed by atoms with van der Waals surface area (Å²) >= 11 is 9.99. The summed E-state index contributed by atoms with van der Waals surface area (Å²) in [6, 6.07) is 27.1. The van der Waals surface area contributed by atoms with E-state index in [1.54, 1.807) is 16.8 Å². The van der Waals surface area contributed by atoms with E-state index in [1.165, 1.54) is 12.1 Å². The molecule has 1 aliphatic carbocycles. The second kappa shape index (κ2) is 9.77. The molecule has 0 amide bonds. The predicted molar refractivity (Wildman–Crippen MR) is 151 cm³/mol. The number of halogens is 3. The van der Waals surface area contributed by atoms with Crippen LogP contribution in [0.25, 0.3) is 27.8 Å². The van der Waals surface area contributed by atoms with E-state index in [0.717, 1.165) is 26.5 Å². The quantitative estimate of drug-likeness (QED) is 0.205. The van der Waals surface area contributed by atoms with Crippen molar-refractivity contribution in [3.63, 3.8) is 0 Å². The number of carbonyl (C=O) groups is 1. The molecule has 0 spiro atoms. The molecule has 1 heterocycles. The number of Topliss-reactive ketones (excluding diaryl/α,β-unsaturated/α-hetero) is 1. The summed E-state index contributed by atoms with van der Waals surface area (Å²) in [7, 11) is 0. The van der Waals surface area contributed by atoms with Gasteiger partial charge in [0.25, 0.3) is 0 Å². The first-order chi connectivity index (χ1) is 18.3. The lowest BCUT2D eigenvalue weighted by Gasteiger charge is -2.45. The molecule has 6 rings (SSSR count). The molecule has 0 saturated heterocycles. The predicted octanol–water partition coefficient (Wildman–Crippen LogP) is 7.91. The number of benzene rings is 4. The van der Waals surface area contributed by atoms with Crippen LogP contribution in [-0.2, 0) is 5.41 Å². The van der Waals surface area contributed by atoms with Gasteiger partial charge in [-0.1, -0.05) is 63.9 Å². The number of carbonyl (C=O) groups excluding carboxylic acids is 1. The Morgan fingerprint density at radius 1 is 1.03 bits per heavy atom. The highest BCUT2D eigenvalue weighted by Crippen LogP contribution is 2.47. The summed E-state index contributed by atoms with van der Waals surface area (Å²) in [6.07, 6.45) is 0.978. The van der Waals surface area contributed by atoms with E-state index in [4.69, 9.17) is 16.7 Å². The van der Waals surface area contributed by atoms with Gasteiger partial charge in [0.1, 0.15) is 11.5 Å². The number of hydrogen-bond acceptors (Lipinski definition) is 3. The summed E-state index contributed by atoms with van der Waals surface area (Å²) < 4.78 is 16.4. The number of aliphatic hydroxyl groups excluding tert-OH is 1. The van der Waals surface area contributed by atoms with Gasteiger partial charge in [-0.25, -0.2) is 9.07 Å². The molecular formula is C31H23BrClFN2O2. The zero-order chi connectivity index (χ0) is 26.4. The first kappa shape index (κ1) is 25.0. The molecule has 4 aromatic carbocycles. The fraction of sp³-hybridized carbons (Fsp3) is 0.161. The number of hydrogen-bond donors (Lipinski definition) is 1. The fourth-order valence-electron chi connectivity index (χ4n) is 5.46. The van der Waals surface area contributed by atoms with Gasteiger partial charge in [-0.15, -0.1) is 0 Å². The van der Waals surface area contributed by atoms with E-state index in [1.807, 2.05) is 66.7 Å².